The average Bonchev–Trinajstić information content (AvgIpc) is 3.24. The fraction of sp³-hybridized carbons (Fsp3) is 0.217. The third-order valence-corrected chi connectivity index (χ3v) is 5.52. The smallest absolute Gasteiger partial charge is 0.274 e. The van der Waals surface area contributed by atoms with Gasteiger partial charge in [-0.2, -0.15) is 0 Å². The van der Waals surface area contributed by atoms with E-state index in [2.05, 4.69) is 20.5 Å². The highest BCUT2D eigenvalue weighted by molar-refractivity contribution is 6.00. The summed E-state index contributed by atoms with van der Waals surface area (Å²) in [6, 6.07) is 10.2. The molecule has 0 fully saturated rings. The van der Waals surface area contributed by atoms with Crippen LogP contribution in [0.15, 0.2) is 56.9 Å². The molecule has 0 aliphatic carbocycles. The largest absolute Gasteiger partial charge is 0.497 e. The zero-order valence-corrected chi connectivity index (χ0v) is 19.4. The van der Waals surface area contributed by atoms with Crippen molar-refractivity contribution in [2.45, 2.75) is 6.42 Å². The lowest BCUT2D eigenvalue weighted by molar-refractivity contribution is -0.126. The lowest BCUT2D eigenvalue weighted by Gasteiger charge is -2.00. The van der Waals surface area contributed by atoms with Crippen molar-refractivity contribution in [2.24, 2.45) is 34.6 Å². The Labute approximate surface area is 198 Å². The average molecular weight is 478 g/mol. The summed E-state index contributed by atoms with van der Waals surface area (Å²) in [5.41, 5.74) is 1.44. The second-order valence-electron chi connectivity index (χ2n) is 7.59. The molecule has 0 saturated heterocycles. The van der Waals surface area contributed by atoms with Crippen LogP contribution in [0.1, 0.15) is 6.42 Å². The first kappa shape index (κ1) is 23.4. The topological polar surface area (TPSA) is 152 Å². The Morgan fingerprint density at radius 1 is 0.771 bits per heavy atom. The fourth-order valence-corrected chi connectivity index (χ4v) is 3.64. The molecule has 180 valence electrons. The molecule has 0 spiro atoms. The van der Waals surface area contributed by atoms with Crippen LogP contribution in [0, 0.1) is 0 Å². The Morgan fingerprint density at radius 3 is 1.54 bits per heavy atom. The van der Waals surface area contributed by atoms with Gasteiger partial charge in [0, 0.05) is 24.9 Å². The number of carbonyl (C=O) groups excluding carboxylic acids is 2. The number of methoxy groups -OCH3 is 2. The molecule has 0 aliphatic rings. The SMILES string of the molecule is COc1ccc2c(c1)c(N=NC(=O)CC(=O)N=Nc1c(O)n(C)c3ccc(OC)cc13)c(O)n2C. The molecular formula is C23H22N6O6. The summed E-state index contributed by atoms with van der Waals surface area (Å²) in [5, 5.41) is 36.6. The van der Waals surface area contributed by atoms with Gasteiger partial charge in [0.2, 0.25) is 11.8 Å². The number of hydrogen-bond donors (Lipinski definition) is 2. The Kier molecular flexibility index (Phi) is 6.19. The predicted molar refractivity (Wildman–Crippen MR) is 126 cm³/mol. The van der Waals surface area contributed by atoms with E-state index < -0.39 is 18.2 Å². The predicted octanol–water partition coefficient (Wildman–Crippen LogP) is 4.41. The summed E-state index contributed by atoms with van der Waals surface area (Å²) >= 11 is 0. The van der Waals surface area contributed by atoms with Gasteiger partial charge in [-0.3, -0.25) is 9.59 Å². The number of benzene rings is 2. The van der Waals surface area contributed by atoms with Crippen LogP contribution in [-0.4, -0.2) is 45.4 Å². The molecule has 2 amide bonds. The third kappa shape index (κ3) is 4.28. The quantitative estimate of drug-likeness (QED) is 0.309. The maximum atomic E-state index is 12.2. The fourth-order valence-electron chi connectivity index (χ4n) is 3.64. The summed E-state index contributed by atoms with van der Waals surface area (Å²) in [5.74, 6) is -1.07. The second kappa shape index (κ2) is 9.25. The van der Waals surface area contributed by atoms with Gasteiger partial charge in [0.05, 0.1) is 25.3 Å². The number of fused-ring (bicyclic) bond motifs is 2. The molecule has 4 rings (SSSR count). The molecule has 12 heteroatoms. The molecule has 0 atom stereocenters. The van der Waals surface area contributed by atoms with Crippen LogP contribution < -0.4 is 9.47 Å². The summed E-state index contributed by atoms with van der Waals surface area (Å²) in [4.78, 5) is 24.4. The van der Waals surface area contributed by atoms with Crippen LogP contribution in [0.2, 0.25) is 0 Å². The van der Waals surface area contributed by atoms with Crippen molar-refractivity contribution >= 4 is 45.0 Å². The minimum Gasteiger partial charge on any atom is -0.497 e. The molecule has 4 aromatic rings. The van der Waals surface area contributed by atoms with Gasteiger partial charge in [-0.25, -0.2) is 0 Å². The number of amides is 2. The number of aryl methyl sites for hydroxylation is 2. The molecule has 0 aliphatic heterocycles. The molecule has 0 bridgehead atoms. The van der Waals surface area contributed by atoms with E-state index >= 15 is 0 Å². The standard InChI is InChI=1S/C23H22N6O6/c1-28-16-7-5-12(34-3)9-14(16)20(22(28)32)26-24-18(30)11-19(31)25-27-21-15-10-13(35-4)6-8-17(15)29(2)23(21)33/h5-10,32-33H,11H2,1-4H3. The van der Waals surface area contributed by atoms with Gasteiger partial charge in [0.15, 0.2) is 11.4 Å². The summed E-state index contributed by atoms with van der Waals surface area (Å²) < 4.78 is 13.4. The van der Waals surface area contributed by atoms with Crippen LogP contribution in [0.5, 0.6) is 23.3 Å². The molecule has 2 N–H and O–H groups in total. The van der Waals surface area contributed by atoms with Crippen molar-refractivity contribution in [2.75, 3.05) is 14.2 Å². The maximum absolute atomic E-state index is 12.2. The first-order valence-corrected chi connectivity index (χ1v) is 10.3. The normalized spacial score (nSPS) is 11.8. The van der Waals surface area contributed by atoms with E-state index in [9.17, 15) is 19.8 Å². The highest BCUT2D eigenvalue weighted by atomic mass is 16.5. The molecular weight excluding hydrogens is 456 g/mol. The monoisotopic (exact) mass is 478 g/mol. The minimum absolute atomic E-state index is 0.0680. The Hall–Kier alpha value is -4.74. The number of aromatic hydroxyl groups is 2. The highest BCUT2D eigenvalue weighted by Gasteiger charge is 2.18. The summed E-state index contributed by atoms with van der Waals surface area (Å²) in [6.07, 6.45) is -0.698. The number of rotatable bonds is 6. The van der Waals surface area contributed by atoms with Crippen molar-refractivity contribution in [3.05, 3.63) is 36.4 Å². The first-order valence-electron chi connectivity index (χ1n) is 10.3. The number of aromatic nitrogens is 2. The van der Waals surface area contributed by atoms with Crippen LogP contribution in [0.4, 0.5) is 11.4 Å². The second-order valence-corrected chi connectivity index (χ2v) is 7.59. The van der Waals surface area contributed by atoms with E-state index in [1.54, 1.807) is 50.5 Å². The maximum Gasteiger partial charge on any atom is 0.274 e. The van der Waals surface area contributed by atoms with E-state index in [1.165, 1.54) is 23.4 Å². The van der Waals surface area contributed by atoms with E-state index in [-0.39, 0.29) is 23.1 Å². The number of carbonyl (C=O) groups is 2. The number of azo groups is 2. The number of hydrogen-bond acceptors (Lipinski definition) is 8. The molecule has 0 saturated carbocycles. The van der Waals surface area contributed by atoms with Gasteiger partial charge < -0.3 is 28.8 Å². The zero-order chi connectivity index (χ0) is 25.3. The van der Waals surface area contributed by atoms with Gasteiger partial charge >= 0.3 is 0 Å². The van der Waals surface area contributed by atoms with Gasteiger partial charge in [0.25, 0.3) is 11.8 Å². The lowest BCUT2D eigenvalue weighted by Crippen LogP contribution is -2.01. The van der Waals surface area contributed by atoms with E-state index in [4.69, 9.17) is 9.47 Å². The Balaban J connectivity index is 1.53. The van der Waals surface area contributed by atoms with Gasteiger partial charge in [0.1, 0.15) is 17.9 Å². The zero-order valence-electron chi connectivity index (χ0n) is 19.4. The van der Waals surface area contributed by atoms with Crippen LogP contribution >= 0.6 is 0 Å². The Morgan fingerprint density at radius 2 is 1.17 bits per heavy atom. The number of nitrogens with zero attached hydrogens (tertiary/aromatic N) is 6. The summed E-state index contributed by atoms with van der Waals surface area (Å²) in [6.45, 7) is 0. The van der Waals surface area contributed by atoms with Crippen molar-refractivity contribution in [1.29, 1.82) is 0 Å². The van der Waals surface area contributed by atoms with Crippen LogP contribution in [-0.2, 0) is 23.7 Å². The van der Waals surface area contributed by atoms with Crippen molar-refractivity contribution in [1.82, 2.24) is 9.13 Å². The minimum atomic E-state index is -0.878. The first-order chi connectivity index (χ1) is 16.7. The summed E-state index contributed by atoms with van der Waals surface area (Å²) in [7, 11) is 6.27. The van der Waals surface area contributed by atoms with E-state index in [1.807, 2.05) is 0 Å². The lowest BCUT2D eigenvalue weighted by atomic mass is 10.2. The van der Waals surface area contributed by atoms with Crippen molar-refractivity contribution < 1.29 is 29.3 Å². The van der Waals surface area contributed by atoms with Crippen molar-refractivity contribution in [3.8, 4) is 23.3 Å². The highest BCUT2D eigenvalue weighted by Crippen LogP contribution is 2.40. The van der Waals surface area contributed by atoms with Crippen LogP contribution in [0.25, 0.3) is 21.8 Å². The van der Waals surface area contributed by atoms with Gasteiger partial charge in [-0.1, -0.05) is 0 Å². The van der Waals surface area contributed by atoms with Gasteiger partial charge in [-0.15, -0.1) is 20.5 Å². The molecule has 2 aromatic carbocycles. The third-order valence-electron chi connectivity index (χ3n) is 5.52. The van der Waals surface area contributed by atoms with E-state index in [0.717, 1.165) is 0 Å². The molecule has 35 heavy (non-hydrogen) atoms. The van der Waals surface area contributed by atoms with Gasteiger partial charge in [-0.05, 0) is 36.4 Å². The molecule has 0 radical (unpaired) electrons. The van der Waals surface area contributed by atoms with Crippen LogP contribution in [0.3, 0.4) is 0 Å². The molecule has 2 heterocycles. The van der Waals surface area contributed by atoms with Crippen molar-refractivity contribution in [3.63, 3.8) is 0 Å². The Bertz CT molecular complexity index is 1420. The molecule has 0 unspecified atom stereocenters. The number of ether oxygens (including phenoxy) is 2. The molecule has 12 nitrogen and oxygen atoms in total. The van der Waals surface area contributed by atoms with E-state index in [0.29, 0.717) is 33.3 Å². The molecule has 2 aromatic heterocycles.